The highest BCUT2D eigenvalue weighted by molar-refractivity contribution is 6.32. The minimum absolute atomic E-state index is 0.0126. The van der Waals surface area contributed by atoms with Gasteiger partial charge in [-0.3, -0.25) is 4.79 Å². The van der Waals surface area contributed by atoms with Gasteiger partial charge in [-0.1, -0.05) is 25.4 Å². The summed E-state index contributed by atoms with van der Waals surface area (Å²) in [5, 5.41) is 29.7. The van der Waals surface area contributed by atoms with Crippen molar-refractivity contribution < 1.29 is 24.9 Å². The summed E-state index contributed by atoms with van der Waals surface area (Å²) in [4.78, 5) is 24.6. The number of halogens is 1. The number of hydrogen-bond donors (Lipinski definition) is 3. The molecule has 0 aliphatic heterocycles. The second kappa shape index (κ2) is 8.45. The van der Waals surface area contributed by atoms with E-state index in [4.69, 9.17) is 16.3 Å². The number of nitrogens with zero attached hydrogens (tertiary/aromatic N) is 1. The molecule has 1 aromatic carbocycles. The number of pyridine rings is 1. The molecule has 1 atom stereocenters. The monoisotopic (exact) mass is 395 g/mol. The number of carbonyl (C=O) groups excluding carboxylic acids is 1. The van der Waals surface area contributed by atoms with Crippen molar-refractivity contribution in [3.8, 4) is 22.8 Å². The van der Waals surface area contributed by atoms with Crippen molar-refractivity contribution in [2.75, 3.05) is 13.2 Å². The third-order valence-corrected chi connectivity index (χ3v) is 4.53. The Morgan fingerprint density at radius 3 is 2.44 bits per heavy atom. The molecule has 0 spiro atoms. The van der Waals surface area contributed by atoms with Gasteiger partial charge in [0.1, 0.15) is 17.1 Å². The van der Waals surface area contributed by atoms with Crippen molar-refractivity contribution >= 4 is 17.6 Å². The van der Waals surface area contributed by atoms with Crippen LogP contribution in [-0.2, 0) is 4.74 Å². The smallest absolute Gasteiger partial charge is 0.343 e. The summed E-state index contributed by atoms with van der Waals surface area (Å²) < 4.78 is 6.47. The Kier molecular flexibility index (Phi) is 6.51. The minimum Gasteiger partial charge on any atom is -0.507 e. The van der Waals surface area contributed by atoms with Gasteiger partial charge in [0, 0.05) is 23.9 Å². The van der Waals surface area contributed by atoms with E-state index in [0.717, 1.165) is 6.07 Å². The lowest BCUT2D eigenvalue weighted by molar-refractivity contribution is 0.0523. The number of aliphatic hydroxyl groups is 1. The molecule has 2 rings (SSSR count). The molecule has 0 unspecified atom stereocenters. The highest BCUT2D eigenvalue weighted by Gasteiger charge is 2.23. The molecular weight excluding hydrogens is 374 g/mol. The van der Waals surface area contributed by atoms with Crippen molar-refractivity contribution in [1.29, 1.82) is 0 Å². The number of carbonyl (C=O) groups is 1. The first-order chi connectivity index (χ1) is 12.7. The van der Waals surface area contributed by atoms with E-state index in [-0.39, 0.29) is 52.5 Å². The Balaban J connectivity index is 2.80. The standard InChI is InChI=1S/C19H22ClNO6/c1-4-27-19(26)12-8-21(15(9-22)10(2)3)14(6-16(12)23)11-5-13(20)18(25)7-17(11)24/h5-8,10,15,22,24-25H,4,9H2,1-3H3/t15-/m0/s1. The molecule has 7 nitrogen and oxygen atoms in total. The van der Waals surface area contributed by atoms with Gasteiger partial charge < -0.3 is 24.6 Å². The Morgan fingerprint density at radius 1 is 1.22 bits per heavy atom. The van der Waals surface area contributed by atoms with Crippen LogP contribution in [0.3, 0.4) is 0 Å². The third kappa shape index (κ3) is 4.26. The normalized spacial score (nSPS) is 12.2. The quantitative estimate of drug-likeness (QED) is 0.649. The van der Waals surface area contributed by atoms with Crippen molar-refractivity contribution in [2.45, 2.75) is 26.8 Å². The van der Waals surface area contributed by atoms with E-state index < -0.39 is 17.4 Å². The average Bonchev–Trinajstić information content (AvgIpc) is 2.59. The fourth-order valence-corrected chi connectivity index (χ4v) is 2.94. The van der Waals surface area contributed by atoms with Gasteiger partial charge in [-0.05, 0) is 18.9 Å². The first-order valence-electron chi connectivity index (χ1n) is 8.47. The van der Waals surface area contributed by atoms with E-state index in [2.05, 4.69) is 0 Å². The summed E-state index contributed by atoms with van der Waals surface area (Å²) in [6.07, 6.45) is 1.32. The predicted molar refractivity (Wildman–Crippen MR) is 101 cm³/mol. The van der Waals surface area contributed by atoms with E-state index in [0.29, 0.717) is 0 Å². The maximum Gasteiger partial charge on any atom is 0.343 e. The fraction of sp³-hybridized carbons (Fsp3) is 0.368. The van der Waals surface area contributed by atoms with Crippen LogP contribution in [0.5, 0.6) is 11.5 Å². The molecule has 27 heavy (non-hydrogen) atoms. The summed E-state index contributed by atoms with van der Waals surface area (Å²) in [6.45, 7) is 5.23. The number of phenolic OH excluding ortho intramolecular Hbond substituents is 2. The van der Waals surface area contributed by atoms with Crippen molar-refractivity contribution in [2.24, 2.45) is 5.92 Å². The SMILES string of the molecule is CCOC(=O)c1cn([C@@H](CO)C(C)C)c(-c2cc(Cl)c(O)cc2O)cc1=O. The molecule has 0 aliphatic carbocycles. The maximum absolute atomic E-state index is 12.5. The highest BCUT2D eigenvalue weighted by atomic mass is 35.5. The Morgan fingerprint density at radius 2 is 1.89 bits per heavy atom. The topological polar surface area (TPSA) is 109 Å². The number of hydrogen-bond acceptors (Lipinski definition) is 6. The lowest BCUT2D eigenvalue weighted by atomic mass is 10.0. The molecule has 0 fully saturated rings. The van der Waals surface area contributed by atoms with Crippen LogP contribution < -0.4 is 5.43 Å². The molecule has 8 heteroatoms. The molecule has 2 aromatic rings. The van der Waals surface area contributed by atoms with E-state index in [1.165, 1.54) is 18.3 Å². The van der Waals surface area contributed by atoms with Crippen molar-refractivity contribution in [1.82, 2.24) is 4.57 Å². The minimum atomic E-state index is -0.767. The van der Waals surface area contributed by atoms with E-state index in [1.807, 2.05) is 13.8 Å². The number of phenols is 2. The largest absolute Gasteiger partial charge is 0.507 e. The molecule has 0 amide bonds. The zero-order chi connectivity index (χ0) is 20.3. The summed E-state index contributed by atoms with van der Waals surface area (Å²) in [5.74, 6) is -1.43. The molecule has 0 radical (unpaired) electrons. The first-order valence-corrected chi connectivity index (χ1v) is 8.85. The third-order valence-electron chi connectivity index (χ3n) is 4.23. The number of ether oxygens (including phenoxy) is 1. The van der Waals surface area contributed by atoms with Crippen LogP contribution in [-0.4, -0.2) is 39.1 Å². The predicted octanol–water partition coefficient (Wildman–Crippen LogP) is 2.95. The molecule has 0 saturated heterocycles. The summed E-state index contributed by atoms with van der Waals surface area (Å²) in [5.41, 5.74) is -0.336. The number of esters is 1. The van der Waals surface area contributed by atoms with Gasteiger partial charge in [-0.25, -0.2) is 4.79 Å². The average molecular weight is 396 g/mol. The summed E-state index contributed by atoms with van der Waals surface area (Å²) >= 11 is 5.95. The lowest BCUT2D eigenvalue weighted by Crippen LogP contribution is -2.26. The van der Waals surface area contributed by atoms with Gasteiger partial charge in [0.25, 0.3) is 0 Å². The highest BCUT2D eigenvalue weighted by Crippen LogP contribution is 2.38. The molecule has 1 heterocycles. The Hall–Kier alpha value is -2.51. The van der Waals surface area contributed by atoms with E-state index >= 15 is 0 Å². The van der Waals surface area contributed by atoms with Crippen molar-refractivity contribution in [3.63, 3.8) is 0 Å². The van der Waals surface area contributed by atoms with Gasteiger partial charge in [0.15, 0.2) is 5.43 Å². The van der Waals surface area contributed by atoms with Gasteiger partial charge >= 0.3 is 5.97 Å². The molecule has 0 aliphatic rings. The van der Waals surface area contributed by atoms with Crippen LogP contribution in [0.2, 0.25) is 5.02 Å². The number of aromatic hydroxyl groups is 2. The van der Waals surface area contributed by atoms with Gasteiger partial charge in [-0.15, -0.1) is 0 Å². The summed E-state index contributed by atoms with van der Waals surface area (Å²) in [7, 11) is 0. The molecule has 0 saturated carbocycles. The number of rotatable bonds is 6. The fourth-order valence-electron chi connectivity index (χ4n) is 2.78. The lowest BCUT2D eigenvalue weighted by Gasteiger charge is -2.26. The zero-order valence-electron chi connectivity index (χ0n) is 15.3. The Labute approximate surface area is 161 Å². The van der Waals surface area contributed by atoms with Gasteiger partial charge in [0.2, 0.25) is 0 Å². The maximum atomic E-state index is 12.5. The molecule has 1 aromatic heterocycles. The van der Waals surface area contributed by atoms with Crippen LogP contribution in [0.4, 0.5) is 0 Å². The van der Waals surface area contributed by atoms with Gasteiger partial charge in [-0.2, -0.15) is 0 Å². The molecular formula is C19H22ClNO6. The van der Waals surface area contributed by atoms with Crippen molar-refractivity contribution in [3.05, 3.63) is 45.2 Å². The first kappa shape index (κ1) is 20.8. The van der Waals surface area contributed by atoms with Crippen LogP contribution in [0.15, 0.2) is 29.2 Å². The van der Waals surface area contributed by atoms with E-state index in [1.54, 1.807) is 11.5 Å². The van der Waals surface area contributed by atoms with Crippen LogP contribution in [0.1, 0.15) is 37.2 Å². The van der Waals surface area contributed by atoms with Gasteiger partial charge in [0.05, 0.1) is 30.0 Å². The molecule has 3 N–H and O–H groups in total. The van der Waals surface area contributed by atoms with Crippen LogP contribution in [0, 0.1) is 5.92 Å². The molecule has 146 valence electrons. The zero-order valence-corrected chi connectivity index (χ0v) is 16.0. The van der Waals surface area contributed by atoms with Crippen LogP contribution in [0.25, 0.3) is 11.3 Å². The Bertz CT molecular complexity index is 906. The molecule has 0 bridgehead atoms. The second-order valence-electron chi connectivity index (χ2n) is 6.38. The van der Waals surface area contributed by atoms with Crippen LogP contribution >= 0.6 is 11.6 Å². The number of aliphatic hydroxyl groups excluding tert-OH is 1. The second-order valence-corrected chi connectivity index (χ2v) is 6.79. The number of benzene rings is 1. The van der Waals surface area contributed by atoms with E-state index in [9.17, 15) is 24.9 Å². The number of aromatic nitrogens is 1. The summed E-state index contributed by atoms with van der Waals surface area (Å²) in [6, 6.07) is 3.08.